The first-order valence-corrected chi connectivity index (χ1v) is 7.37. The van der Waals surface area contributed by atoms with Crippen LogP contribution in [0.3, 0.4) is 0 Å². The highest BCUT2D eigenvalue weighted by Gasteiger charge is 2.27. The third-order valence-corrected chi connectivity index (χ3v) is 4.32. The number of nitrogens with two attached hydrogens (primary N) is 1. The first-order chi connectivity index (χ1) is 9.11. The van der Waals surface area contributed by atoms with Crippen LogP contribution in [-0.4, -0.2) is 24.0 Å². The molecule has 1 saturated heterocycles. The lowest BCUT2D eigenvalue weighted by atomic mass is 9.90. The molecule has 20 heavy (non-hydrogen) atoms. The van der Waals surface area contributed by atoms with E-state index in [0.29, 0.717) is 12.0 Å². The second-order valence-electron chi connectivity index (χ2n) is 5.73. The van der Waals surface area contributed by atoms with Crippen LogP contribution in [0.4, 0.5) is 4.39 Å². The van der Waals surface area contributed by atoms with Crippen LogP contribution in [0.1, 0.15) is 44.7 Å². The number of hydrogen-bond acceptors (Lipinski definition) is 2. The average molecular weight is 301 g/mol. The number of likely N-dealkylation sites (tertiary alicyclic amines) is 1. The largest absolute Gasteiger partial charge is 0.328 e. The Balaban J connectivity index is 0.00000200. The third kappa shape index (κ3) is 4.18. The minimum atomic E-state index is -0.161. The molecule has 2 nitrogen and oxygen atoms in total. The molecule has 2 N–H and O–H groups in total. The summed E-state index contributed by atoms with van der Waals surface area (Å²) in [6.45, 7) is 6.49. The maximum absolute atomic E-state index is 13.0. The Kier molecular flexibility index (Phi) is 6.93. The van der Waals surface area contributed by atoms with Crippen LogP contribution < -0.4 is 5.73 Å². The van der Waals surface area contributed by atoms with Gasteiger partial charge in [-0.2, -0.15) is 0 Å². The highest BCUT2D eigenvalue weighted by Crippen LogP contribution is 2.30. The van der Waals surface area contributed by atoms with Crippen molar-refractivity contribution in [3.63, 3.8) is 0 Å². The zero-order chi connectivity index (χ0) is 13.8. The van der Waals surface area contributed by atoms with Crippen molar-refractivity contribution in [1.29, 1.82) is 0 Å². The molecule has 1 fully saturated rings. The van der Waals surface area contributed by atoms with Gasteiger partial charge in [-0.3, -0.25) is 4.90 Å². The fraction of sp³-hybridized carbons (Fsp3) is 0.625. The fourth-order valence-corrected chi connectivity index (χ4v) is 3.14. The van der Waals surface area contributed by atoms with Gasteiger partial charge in [0.05, 0.1) is 0 Å². The topological polar surface area (TPSA) is 29.3 Å². The summed E-state index contributed by atoms with van der Waals surface area (Å²) in [5.74, 6) is 0.425. The molecular weight excluding hydrogens is 275 g/mol. The van der Waals surface area contributed by atoms with Crippen LogP contribution >= 0.6 is 12.4 Å². The normalized spacial score (nSPS) is 22.9. The van der Waals surface area contributed by atoms with Gasteiger partial charge in [-0.05, 0) is 56.3 Å². The summed E-state index contributed by atoms with van der Waals surface area (Å²) in [5.41, 5.74) is 7.27. The van der Waals surface area contributed by atoms with Gasteiger partial charge in [0.2, 0.25) is 0 Å². The van der Waals surface area contributed by atoms with Crippen LogP contribution in [0.5, 0.6) is 0 Å². The van der Waals surface area contributed by atoms with Gasteiger partial charge in [-0.15, -0.1) is 12.4 Å². The molecule has 1 heterocycles. The van der Waals surface area contributed by atoms with Crippen molar-refractivity contribution in [3.05, 3.63) is 35.6 Å². The van der Waals surface area contributed by atoms with Crippen LogP contribution in [-0.2, 0) is 0 Å². The van der Waals surface area contributed by atoms with Gasteiger partial charge in [0.25, 0.3) is 0 Å². The average Bonchev–Trinajstić information content (AvgIpc) is 2.42. The Morgan fingerprint density at radius 3 is 2.55 bits per heavy atom. The Hall–Kier alpha value is -0.640. The predicted octanol–water partition coefficient (Wildman–Crippen LogP) is 3.76. The van der Waals surface area contributed by atoms with Gasteiger partial charge in [-0.25, -0.2) is 4.39 Å². The Bertz CT molecular complexity index is 394. The lowest BCUT2D eigenvalue weighted by Gasteiger charge is -2.39. The molecule has 0 amide bonds. The summed E-state index contributed by atoms with van der Waals surface area (Å²) in [7, 11) is 0. The first kappa shape index (κ1) is 17.4. The van der Waals surface area contributed by atoms with E-state index in [-0.39, 0.29) is 24.3 Å². The summed E-state index contributed by atoms with van der Waals surface area (Å²) in [6.07, 6.45) is 3.50. The van der Waals surface area contributed by atoms with E-state index in [2.05, 4.69) is 18.7 Å². The lowest BCUT2D eigenvalue weighted by Crippen LogP contribution is -2.43. The van der Waals surface area contributed by atoms with Gasteiger partial charge >= 0.3 is 0 Å². The van der Waals surface area contributed by atoms with Crippen LogP contribution in [0.15, 0.2) is 24.3 Å². The van der Waals surface area contributed by atoms with Crippen molar-refractivity contribution in [2.45, 2.75) is 45.2 Å². The molecule has 0 spiro atoms. The molecule has 0 bridgehead atoms. The summed E-state index contributed by atoms with van der Waals surface area (Å²) in [6, 6.07) is 7.60. The smallest absolute Gasteiger partial charge is 0.123 e. The van der Waals surface area contributed by atoms with Crippen LogP contribution in [0.2, 0.25) is 0 Å². The zero-order valence-electron chi connectivity index (χ0n) is 12.4. The third-order valence-electron chi connectivity index (χ3n) is 4.32. The van der Waals surface area contributed by atoms with E-state index >= 15 is 0 Å². The highest BCUT2D eigenvalue weighted by atomic mass is 35.5. The zero-order valence-corrected chi connectivity index (χ0v) is 13.2. The van der Waals surface area contributed by atoms with E-state index in [1.807, 2.05) is 12.1 Å². The molecule has 114 valence electrons. The summed E-state index contributed by atoms with van der Waals surface area (Å²) in [5, 5.41) is 0. The molecule has 2 rings (SSSR count). The van der Waals surface area contributed by atoms with E-state index in [1.165, 1.54) is 18.4 Å². The number of nitrogens with zero attached hydrogens (tertiary/aromatic N) is 1. The molecule has 3 unspecified atom stereocenters. The molecule has 0 saturated carbocycles. The maximum atomic E-state index is 13.0. The molecule has 0 aromatic heterocycles. The predicted molar refractivity (Wildman–Crippen MR) is 84.6 cm³/mol. The standard InChI is InChI=1S/C16H25FN2.ClH/c1-3-16(13-6-8-15(17)9-7-13)19-10-4-5-14(11-19)12(2)18;/h6-9,12,14,16H,3-5,10-11,18H2,1-2H3;1H. The Morgan fingerprint density at radius 2 is 2.00 bits per heavy atom. The molecular formula is C16H26ClFN2. The number of piperidine rings is 1. The van der Waals surface area contributed by atoms with Crippen molar-refractivity contribution in [1.82, 2.24) is 4.90 Å². The molecule has 0 aliphatic carbocycles. The van der Waals surface area contributed by atoms with E-state index in [9.17, 15) is 4.39 Å². The van der Waals surface area contributed by atoms with Crippen molar-refractivity contribution >= 4 is 12.4 Å². The Labute approximate surface area is 127 Å². The van der Waals surface area contributed by atoms with Gasteiger partial charge < -0.3 is 5.73 Å². The molecule has 1 aliphatic heterocycles. The summed E-state index contributed by atoms with van der Waals surface area (Å²) < 4.78 is 13.0. The van der Waals surface area contributed by atoms with Crippen molar-refractivity contribution in [3.8, 4) is 0 Å². The second kappa shape index (κ2) is 7.96. The van der Waals surface area contributed by atoms with Gasteiger partial charge in [0.15, 0.2) is 0 Å². The van der Waals surface area contributed by atoms with Gasteiger partial charge in [0, 0.05) is 18.6 Å². The number of halogens is 2. The molecule has 4 heteroatoms. The minimum Gasteiger partial charge on any atom is -0.328 e. The molecule has 3 atom stereocenters. The van der Waals surface area contributed by atoms with E-state index in [0.717, 1.165) is 19.5 Å². The molecule has 0 radical (unpaired) electrons. The van der Waals surface area contributed by atoms with Crippen LogP contribution in [0.25, 0.3) is 0 Å². The number of rotatable bonds is 4. The maximum Gasteiger partial charge on any atom is 0.123 e. The first-order valence-electron chi connectivity index (χ1n) is 7.37. The van der Waals surface area contributed by atoms with E-state index < -0.39 is 0 Å². The van der Waals surface area contributed by atoms with Gasteiger partial charge in [-0.1, -0.05) is 19.1 Å². The second-order valence-corrected chi connectivity index (χ2v) is 5.73. The van der Waals surface area contributed by atoms with Crippen molar-refractivity contribution < 1.29 is 4.39 Å². The minimum absolute atomic E-state index is 0. The summed E-state index contributed by atoms with van der Waals surface area (Å²) in [4.78, 5) is 2.52. The van der Waals surface area contributed by atoms with Crippen molar-refractivity contribution in [2.75, 3.05) is 13.1 Å². The van der Waals surface area contributed by atoms with E-state index in [1.54, 1.807) is 12.1 Å². The van der Waals surface area contributed by atoms with E-state index in [4.69, 9.17) is 5.73 Å². The monoisotopic (exact) mass is 300 g/mol. The lowest BCUT2D eigenvalue weighted by molar-refractivity contribution is 0.110. The number of benzene rings is 1. The Morgan fingerprint density at radius 1 is 1.35 bits per heavy atom. The fourth-order valence-electron chi connectivity index (χ4n) is 3.14. The molecule has 1 aromatic carbocycles. The number of hydrogen-bond donors (Lipinski definition) is 1. The quantitative estimate of drug-likeness (QED) is 0.917. The SMILES string of the molecule is CCC(c1ccc(F)cc1)N1CCCC(C(C)N)C1.Cl. The van der Waals surface area contributed by atoms with Crippen LogP contribution in [0, 0.1) is 11.7 Å². The van der Waals surface area contributed by atoms with Gasteiger partial charge in [0.1, 0.15) is 5.82 Å². The highest BCUT2D eigenvalue weighted by molar-refractivity contribution is 5.85. The molecule has 1 aliphatic rings. The molecule has 1 aromatic rings. The summed E-state index contributed by atoms with van der Waals surface area (Å²) >= 11 is 0. The van der Waals surface area contributed by atoms with Crippen molar-refractivity contribution in [2.24, 2.45) is 11.7 Å².